The van der Waals surface area contributed by atoms with Crippen LogP contribution in [0, 0.1) is 0 Å². The van der Waals surface area contributed by atoms with Crippen molar-refractivity contribution in [2.75, 3.05) is 32.1 Å². The number of carbonyl (C=O) groups excluding carboxylic acids is 2. The maximum Gasteiger partial charge on any atom is 0.337 e. The highest BCUT2D eigenvalue weighted by atomic mass is 16.5. The Hall–Kier alpha value is -2.50. The molecule has 1 aromatic carbocycles. The first kappa shape index (κ1) is 21.8. The maximum absolute atomic E-state index is 12.4. The van der Waals surface area contributed by atoms with Crippen LogP contribution in [0.1, 0.15) is 58.1 Å². The van der Waals surface area contributed by atoms with Crippen molar-refractivity contribution in [2.45, 2.75) is 52.5 Å². The minimum absolute atomic E-state index is 0.230. The van der Waals surface area contributed by atoms with Crippen LogP contribution in [-0.2, 0) is 9.53 Å². The van der Waals surface area contributed by atoms with Crippen LogP contribution in [0.4, 0.5) is 10.5 Å². The van der Waals surface area contributed by atoms with E-state index in [1.165, 1.54) is 17.7 Å². The van der Waals surface area contributed by atoms with Gasteiger partial charge in [0.05, 0.1) is 18.7 Å². The molecule has 1 atom stereocenters. The molecule has 1 aliphatic rings. The largest absolute Gasteiger partial charge is 0.466 e. The first-order chi connectivity index (χ1) is 13.4. The fourth-order valence-corrected chi connectivity index (χ4v) is 3.41. The second-order valence-electron chi connectivity index (χ2n) is 7.22. The Bertz CT molecular complexity index is 704. The van der Waals surface area contributed by atoms with Gasteiger partial charge in [-0.3, -0.25) is 0 Å². The van der Waals surface area contributed by atoms with Gasteiger partial charge in [-0.15, -0.1) is 0 Å². The lowest BCUT2D eigenvalue weighted by atomic mass is 9.95. The molecule has 0 radical (unpaired) electrons. The first-order valence-electron chi connectivity index (χ1n) is 10.1. The fourth-order valence-electron chi connectivity index (χ4n) is 3.41. The van der Waals surface area contributed by atoms with E-state index in [2.05, 4.69) is 36.2 Å². The second-order valence-corrected chi connectivity index (χ2v) is 7.22. The van der Waals surface area contributed by atoms with Crippen LogP contribution in [-0.4, -0.2) is 44.1 Å². The van der Waals surface area contributed by atoms with Gasteiger partial charge in [-0.2, -0.15) is 0 Å². The first-order valence-corrected chi connectivity index (χ1v) is 10.1. The Morgan fingerprint density at radius 3 is 2.21 bits per heavy atom. The van der Waals surface area contributed by atoms with Gasteiger partial charge in [-0.25, -0.2) is 9.59 Å². The van der Waals surface area contributed by atoms with Gasteiger partial charge in [0.2, 0.25) is 0 Å². The van der Waals surface area contributed by atoms with E-state index in [0.717, 1.165) is 44.3 Å². The number of urea groups is 1. The molecule has 0 spiro atoms. The summed E-state index contributed by atoms with van der Waals surface area (Å²) in [5.41, 5.74) is 3.12. The number of amides is 2. The summed E-state index contributed by atoms with van der Waals surface area (Å²) < 4.78 is 4.96. The van der Waals surface area contributed by atoms with Crippen molar-refractivity contribution < 1.29 is 14.3 Å². The molecule has 1 aromatic rings. The zero-order chi connectivity index (χ0) is 20.7. The number of benzene rings is 1. The highest BCUT2D eigenvalue weighted by Crippen LogP contribution is 2.31. The molecule has 28 heavy (non-hydrogen) atoms. The summed E-state index contributed by atoms with van der Waals surface area (Å²) in [5, 5.41) is 2.91. The lowest BCUT2D eigenvalue weighted by Crippen LogP contribution is -2.46. The number of hydrogen-bond donors (Lipinski definition) is 1. The molecule has 1 aliphatic heterocycles. The molecule has 0 aliphatic carbocycles. The Morgan fingerprint density at radius 1 is 1.14 bits per heavy atom. The predicted molar refractivity (Wildman–Crippen MR) is 112 cm³/mol. The van der Waals surface area contributed by atoms with Gasteiger partial charge in [0.15, 0.2) is 0 Å². The summed E-state index contributed by atoms with van der Waals surface area (Å²) >= 11 is 0. The van der Waals surface area contributed by atoms with Crippen LogP contribution >= 0.6 is 0 Å². The number of carbonyl (C=O) groups is 2. The van der Waals surface area contributed by atoms with E-state index < -0.39 is 12.0 Å². The number of hydrogen-bond acceptors (Lipinski definition) is 4. The van der Waals surface area contributed by atoms with Crippen molar-refractivity contribution in [3.8, 4) is 0 Å². The van der Waals surface area contributed by atoms with Crippen molar-refractivity contribution in [1.82, 2.24) is 10.2 Å². The zero-order valence-electron chi connectivity index (χ0n) is 17.7. The van der Waals surface area contributed by atoms with E-state index in [9.17, 15) is 9.59 Å². The molecule has 6 nitrogen and oxygen atoms in total. The van der Waals surface area contributed by atoms with E-state index >= 15 is 0 Å². The number of ether oxygens (including phenoxy) is 1. The summed E-state index contributed by atoms with van der Waals surface area (Å²) in [6.45, 7) is 8.24. The van der Waals surface area contributed by atoms with Gasteiger partial charge >= 0.3 is 12.0 Å². The van der Waals surface area contributed by atoms with Crippen LogP contribution in [0.25, 0.3) is 0 Å². The standard InChI is InChI=1S/C22H33N3O3/c1-6-8-14-25(15-9-7-2)18-12-10-17(11-13-18)20-19(21(26)28-5)16(3)24(4)22(27)23-20/h10-13,20H,6-9,14-15H2,1-5H3,(H,23,27). The molecule has 0 aromatic heterocycles. The second kappa shape index (κ2) is 10.2. The number of allylic oxidation sites excluding steroid dienone is 1. The molecule has 0 saturated heterocycles. The van der Waals surface area contributed by atoms with E-state index in [1.807, 2.05) is 12.1 Å². The van der Waals surface area contributed by atoms with Crippen molar-refractivity contribution >= 4 is 17.7 Å². The lowest BCUT2D eigenvalue weighted by molar-refractivity contribution is -0.136. The summed E-state index contributed by atoms with van der Waals surface area (Å²) in [4.78, 5) is 28.5. The van der Waals surface area contributed by atoms with Crippen LogP contribution < -0.4 is 10.2 Å². The van der Waals surface area contributed by atoms with Gasteiger partial charge in [-0.1, -0.05) is 38.8 Å². The molecule has 2 rings (SSSR count). The van der Waals surface area contributed by atoms with E-state index in [4.69, 9.17) is 4.74 Å². The highest BCUT2D eigenvalue weighted by molar-refractivity contribution is 5.94. The SMILES string of the molecule is CCCCN(CCCC)c1ccc(C2NC(=O)N(C)C(C)=C2C(=O)OC)cc1. The van der Waals surface area contributed by atoms with Gasteiger partial charge in [0, 0.05) is 31.5 Å². The van der Waals surface area contributed by atoms with Crippen LogP contribution in [0.2, 0.25) is 0 Å². The predicted octanol–water partition coefficient (Wildman–Crippen LogP) is 4.24. The topological polar surface area (TPSA) is 61.9 Å². The number of nitrogens with zero attached hydrogens (tertiary/aromatic N) is 2. The Kier molecular flexibility index (Phi) is 7.91. The van der Waals surface area contributed by atoms with E-state index in [-0.39, 0.29) is 6.03 Å². The van der Waals surface area contributed by atoms with Crippen molar-refractivity contribution in [1.29, 1.82) is 0 Å². The molecule has 0 saturated carbocycles. The van der Waals surface area contributed by atoms with E-state index in [0.29, 0.717) is 11.3 Å². The minimum atomic E-state index is -0.509. The van der Waals surface area contributed by atoms with Crippen LogP contribution in [0.3, 0.4) is 0 Å². The molecule has 1 unspecified atom stereocenters. The quantitative estimate of drug-likeness (QED) is 0.644. The Morgan fingerprint density at radius 2 is 1.71 bits per heavy atom. The third-order valence-corrected chi connectivity index (χ3v) is 5.31. The molecule has 0 fully saturated rings. The average Bonchev–Trinajstić information content (AvgIpc) is 2.71. The minimum Gasteiger partial charge on any atom is -0.466 e. The summed E-state index contributed by atoms with van der Waals surface area (Å²) in [6.07, 6.45) is 4.64. The molecule has 2 amide bonds. The van der Waals surface area contributed by atoms with Crippen molar-refractivity contribution in [2.24, 2.45) is 0 Å². The molecule has 1 N–H and O–H groups in total. The average molecular weight is 388 g/mol. The Balaban J connectivity index is 2.31. The normalized spacial score (nSPS) is 16.8. The van der Waals surface area contributed by atoms with Crippen molar-refractivity contribution in [3.05, 3.63) is 41.1 Å². The fraction of sp³-hybridized carbons (Fsp3) is 0.545. The monoisotopic (exact) mass is 387 g/mol. The maximum atomic E-state index is 12.4. The molecule has 6 heteroatoms. The Labute approximate surface area is 168 Å². The van der Waals surface area contributed by atoms with Crippen molar-refractivity contribution in [3.63, 3.8) is 0 Å². The van der Waals surface area contributed by atoms with Gasteiger partial charge in [-0.05, 0) is 37.5 Å². The number of unbranched alkanes of at least 4 members (excludes halogenated alkanes) is 2. The lowest BCUT2D eigenvalue weighted by Gasteiger charge is -2.33. The highest BCUT2D eigenvalue weighted by Gasteiger charge is 2.34. The summed E-state index contributed by atoms with van der Waals surface area (Å²) in [7, 11) is 3.00. The van der Waals surface area contributed by atoms with Gasteiger partial charge < -0.3 is 19.9 Å². The summed E-state index contributed by atoms with van der Waals surface area (Å²) in [6, 6.07) is 7.40. The van der Waals surface area contributed by atoms with Crippen LogP contribution in [0.5, 0.6) is 0 Å². The number of nitrogens with one attached hydrogen (secondary N) is 1. The molecule has 0 bridgehead atoms. The number of esters is 1. The summed E-state index contributed by atoms with van der Waals surface area (Å²) in [5.74, 6) is -0.425. The van der Waals surface area contributed by atoms with Gasteiger partial charge in [0.1, 0.15) is 0 Å². The third-order valence-electron chi connectivity index (χ3n) is 5.31. The smallest absolute Gasteiger partial charge is 0.337 e. The molecular weight excluding hydrogens is 354 g/mol. The third kappa shape index (κ3) is 4.86. The molecule has 154 valence electrons. The number of anilines is 1. The molecule has 1 heterocycles. The molecular formula is C22H33N3O3. The van der Waals surface area contributed by atoms with Crippen LogP contribution in [0.15, 0.2) is 35.5 Å². The zero-order valence-corrected chi connectivity index (χ0v) is 17.7. The number of methoxy groups -OCH3 is 1. The van der Waals surface area contributed by atoms with Gasteiger partial charge in [0.25, 0.3) is 0 Å². The van der Waals surface area contributed by atoms with E-state index in [1.54, 1.807) is 14.0 Å². The number of rotatable bonds is 9.